The van der Waals surface area contributed by atoms with Gasteiger partial charge in [0.1, 0.15) is 5.82 Å². The molecule has 2 aromatic heterocycles. The summed E-state index contributed by atoms with van der Waals surface area (Å²) in [5.41, 5.74) is 2.45. The molecule has 0 radical (unpaired) electrons. The van der Waals surface area contributed by atoms with Crippen molar-refractivity contribution in [1.82, 2.24) is 9.55 Å². The zero-order valence-electron chi connectivity index (χ0n) is 19.5. The molecule has 0 aliphatic carbocycles. The van der Waals surface area contributed by atoms with E-state index in [2.05, 4.69) is 15.6 Å². The summed E-state index contributed by atoms with van der Waals surface area (Å²) in [6.07, 6.45) is 0.741. The number of benzene rings is 2. The molecule has 10 heteroatoms. The summed E-state index contributed by atoms with van der Waals surface area (Å²) in [4.78, 5) is 31.5. The van der Waals surface area contributed by atoms with Gasteiger partial charge in [0.25, 0.3) is 5.91 Å². The fourth-order valence-corrected chi connectivity index (χ4v) is 4.23. The second-order valence-electron chi connectivity index (χ2n) is 7.74. The predicted molar refractivity (Wildman–Crippen MR) is 137 cm³/mol. The number of hydrogen-bond acceptors (Lipinski definition) is 5. The standard InChI is InChI=1S/C25H26FN5O3S/c1-3-34-14-5-13-31-21-12-11-19(30(2)23(32)17-7-9-18(26)10-8-17)16-20(21)27-24(31)29-25(33)28-22-6-4-15-35-22/h4,6-12,15-16H,3,5,13-14H2,1-2H3,(H2,27,28,29,33). The number of urea groups is 1. The van der Waals surface area contributed by atoms with Crippen LogP contribution in [0.4, 0.5) is 25.8 Å². The first kappa shape index (κ1) is 24.4. The predicted octanol–water partition coefficient (Wildman–Crippen LogP) is 5.58. The van der Waals surface area contributed by atoms with Gasteiger partial charge in [-0.3, -0.25) is 15.4 Å². The number of carbonyl (C=O) groups excluding carboxylic acids is 2. The van der Waals surface area contributed by atoms with E-state index in [1.165, 1.54) is 40.5 Å². The van der Waals surface area contributed by atoms with Crippen molar-refractivity contribution in [3.8, 4) is 0 Å². The number of thiophene rings is 1. The van der Waals surface area contributed by atoms with Crippen molar-refractivity contribution in [1.29, 1.82) is 0 Å². The van der Waals surface area contributed by atoms with Gasteiger partial charge in [-0.25, -0.2) is 14.2 Å². The zero-order valence-corrected chi connectivity index (χ0v) is 20.3. The minimum atomic E-state index is -0.399. The molecule has 8 nitrogen and oxygen atoms in total. The van der Waals surface area contributed by atoms with Crippen LogP contribution in [0.3, 0.4) is 0 Å². The van der Waals surface area contributed by atoms with Crippen molar-refractivity contribution in [2.24, 2.45) is 0 Å². The van der Waals surface area contributed by atoms with Crippen molar-refractivity contribution >= 4 is 50.9 Å². The second kappa shape index (κ2) is 11.1. The van der Waals surface area contributed by atoms with Crippen LogP contribution < -0.4 is 15.5 Å². The number of ether oxygens (including phenoxy) is 1. The first-order valence-electron chi connectivity index (χ1n) is 11.2. The van der Waals surface area contributed by atoms with Crippen LogP contribution in [0.2, 0.25) is 0 Å². The third-order valence-corrected chi connectivity index (χ3v) is 6.16. The average molecular weight is 496 g/mol. The van der Waals surface area contributed by atoms with Gasteiger partial charge in [0.05, 0.1) is 16.0 Å². The first-order chi connectivity index (χ1) is 17.0. The Morgan fingerprint density at radius 1 is 1.14 bits per heavy atom. The SMILES string of the molecule is CCOCCCn1c(NC(=O)Nc2cccs2)nc2cc(N(C)C(=O)c3ccc(F)cc3)ccc21. The van der Waals surface area contributed by atoms with Gasteiger partial charge in [0.15, 0.2) is 0 Å². The lowest BCUT2D eigenvalue weighted by atomic mass is 10.2. The molecule has 0 atom stereocenters. The summed E-state index contributed by atoms with van der Waals surface area (Å²) in [5.74, 6) is -0.270. The van der Waals surface area contributed by atoms with Crippen molar-refractivity contribution < 1.29 is 18.7 Å². The molecule has 4 rings (SSSR count). The Morgan fingerprint density at radius 3 is 2.66 bits per heavy atom. The molecule has 0 fully saturated rings. The molecule has 2 heterocycles. The highest BCUT2D eigenvalue weighted by atomic mass is 32.1. The first-order valence-corrected chi connectivity index (χ1v) is 12.1. The van der Waals surface area contributed by atoms with Crippen LogP contribution in [-0.2, 0) is 11.3 Å². The number of amides is 3. The molecule has 0 bridgehead atoms. The third-order valence-electron chi connectivity index (χ3n) is 5.37. The van der Waals surface area contributed by atoms with Crippen LogP contribution in [0, 0.1) is 5.82 Å². The number of aryl methyl sites for hydroxylation is 1. The maximum Gasteiger partial charge on any atom is 0.326 e. The maximum absolute atomic E-state index is 13.2. The average Bonchev–Trinajstić information content (AvgIpc) is 3.48. The Balaban J connectivity index is 1.60. The number of aromatic nitrogens is 2. The Bertz CT molecular complexity index is 1300. The summed E-state index contributed by atoms with van der Waals surface area (Å²) in [6.45, 7) is 3.76. The maximum atomic E-state index is 13.2. The van der Waals surface area contributed by atoms with Crippen molar-refractivity contribution in [3.05, 3.63) is 71.4 Å². The summed E-state index contributed by atoms with van der Waals surface area (Å²) in [5, 5.41) is 8.23. The van der Waals surface area contributed by atoms with Gasteiger partial charge < -0.3 is 14.2 Å². The Kier molecular flexibility index (Phi) is 7.74. The van der Waals surface area contributed by atoms with Crippen LogP contribution in [0.1, 0.15) is 23.7 Å². The largest absolute Gasteiger partial charge is 0.382 e. The molecular formula is C25H26FN5O3S. The number of halogens is 1. The van der Waals surface area contributed by atoms with E-state index in [9.17, 15) is 14.0 Å². The Morgan fingerprint density at radius 2 is 1.94 bits per heavy atom. The van der Waals surface area contributed by atoms with Crippen LogP contribution in [0.15, 0.2) is 60.0 Å². The van der Waals surface area contributed by atoms with Gasteiger partial charge in [-0.1, -0.05) is 0 Å². The van der Waals surface area contributed by atoms with Gasteiger partial charge in [-0.05, 0) is 73.3 Å². The summed E-state index contributed by atoms with van der Waals surface area (Å²) < 4.78 is 20.6. The van der Waals surface area contributed by atoms with E-state index in [-0.39, 0.29) is 5.91 Å². The monoisotopic (exact) mass is 495 g/mol. The van der Waals surface area contributed by atoms with Crippen LogP contribution >= 0.6 is 11.3 Å². The number of nitrogens with zero attached hydrogens (tertiary/aromatic N) is 3. The van der Waals surface area contributed by atoms with E-state index in [1.54, 1.807) is 13.1 Å². The van der Waals surface area contributed by atoms with Crippen molar-refractivity contribution in [2.45, 2.75) is 19.9 Å². The number of rotatable bonds is 9. The lowest BCUT2D eigenvalue weighted by Gasteiger charge is -2.17. The molecular weight excluding hydrogens is 469 g/mol. The van der Waals surface area contributed by atoms with Crippen molar-refractivity contribution in [2.75, 3.05) is 35.8 Å². The van der Waals surface area contributed by atoms with Gasteiger partial charge in [-0.15, -0.1) is 11.3 Å². The van der Waals surface area contributed by atoms with Gasteiger partial charge >= 0.3 is 6.03 Å². The Labute approximate surface area is 206 Å². The molecule has 0 saturated carbocycles. The molecule has 4 aromatic rings. The molecule has 2 aromatic carbocycles. The number of nitrogens with one attached hydrogen (secondary N) is 2. The molecule has 2 N–H and O–H groups in total. The van der Waals surface area contributed by atoms with E-state index in [1.807, 2.05) is 41.1 Å². The fraction of sp³-hybridized carbons (Fsp3) is 0.240. The highest BCUT2D eigenvalue weighted by Gasteiger charge is 2.18. The highest BCUT2D eigenvalue weighted by molar-refractivity contribution is 7.14. The summed E-state index contributed by atoms with van der Waals surface area (Å²) in [6, 6.07) is 14.2. The number of imidazole rings is 1. The van der Waals surface area contributed by atoms with E-state index < -0.39 is 11.8 Å². The normalized spacial score (nSPS) is 10.9. The zero-order chi connectivity index (χ0) is 24.8. The minimum absolute atomic E-state index is 0.269. The van der Waals surface area contributed by atoms with E-state index in [0.29, 0.717) is 42.5 Å². The van der Waals surface area contributed by atoms with E-state index in [4.69, 9.17) is 4.74 Å². The molecule has 3 amide bonds. The van der Waals surface area contributed by atoms with E-state index in [0.717, 1.165) is 16.9 Å². The van der Waals surface area contributed by atoms with Gasteiger partial charge in [-0.2, -0.15) is 0 Å². The van der Waals surface area contributed by atoms with Crippen LogP contribution in [-0.4, -0.2) is 41.8 Å². The summed E-state index contributed by atoms with van der Waals surface area (Å²) >= 11 is 1.42. The number of anilines is 3. The van der Waals surface area contributed by atoms with E-state index >= 15 is 0 Å². The quantitative estimate of drug-likeness (QED) is 0.297. The number of carbonyl (C=O) groups is 2. The van der Waals surface area contributed by atoms with Crippen LogP contribution in [0.5, 0.6) is 0 Å². The lowest BCUT2D eigenvalue weighted by molar-refractivity contribution is 0.0993. The highest BCUT2D eigenvalue weighted by Crippen LogP contribution is 2.26. The Hall–Kier alpha value is -3.76. The molecule has 0 unspecified atom stereocenters. The third kappa shape index (κ3) is 5.84. The topological polar surface area (TPSA) is 88.5 Å². The van der Waals surface area contributed by atoms with Gasteiger partial charge in [0.2, 0.25) is 5.95 Å². The molecule has 0 saturated heterocycles. The molecule has 35 heavy (non-hydrogen) atoms. The molecule has 0 aliphatic rings. The van der Waals surface area contributed by atoms with Crippen molar-refractivity contribution in [3.63, 3.8) is 0 Å². The smallest absolute Gasteiger partial charge is 0.326 e. The number of fused-ring (bicyclic) bond motifs is 1. The minimum Gasteiger partial charge on any atom is -0.382 e. The number of hydrogen-bond donors (Lipinski definition) is 2. The lowest BCUT2D eigenvalue weighted by Crippen LogP contribution is -2.26. The van der Waals surface area contributed by atoms with Crippen LogP contribution in [0.25, 0.3) is 11.0 Å². The molecule has 0 aliphatic heterocycles. The summed E-state index contributed by atoms with van der Waals surface area (Å²) in [7, 11) is 1.65. The molecule has 0 spiro atoms. The fourth-order valence-electron chi connectivity index (χ4n) is 3.62. The second-order valence-corrected chi connectivity index (χ2v) is 8.69. The molecule has 182 valence electrons. The van der Waals surface area contributed by atoms with Gasteiger partial charge in [0, 0.05) is 38.1 Å².